The van der Waals surface area contributed by atoms with Crippen LogP contribution in [-0.2, 0) is 10.2 Å². The van der Waals surface area contributed by atoms with Crippen LogP contribution in [0, 0.1) is 6.92 Å². The van der Waals surface area contributed by atoms with Gasteiger partial charge in [-0.15, -0.1) is 0 Å². The van der Waals surface area contributed by atoms with Gasteiger partial charge in [0.05, 0.1) is 12.7 Å². The van der Waals surface area contributed by atoms with Crippen LogP contribution in [0.25, 0.3) is 11.5 Å². The minimum atomic E-state index is -0.489. The van der Waals surface area contributed by atoms with E-state index in [2.05, 4.69) is 4.98 Å². The van der Waals surface area contributed by atoms with Gasteiger partial charge in [-0.25, -0.2) is 9.78 Å². The lowest BCUT2D eigenvalue weighted by molar-refractivity contribution is 0.0562. The summed E-state index contributed by atoms with van der Waals surface area (Å²) in [6, 6.07) is 0. The van der Waals surface area contributed by atoms with E-state index in [1.165, 1.54) is 7.11 Å². The van der Waals surface area contributed by atoms with Crippen LogP contribution in [-0.4, -0.2) is 18.1 Å². The van der Waals surface area contributed by atoms with Crippen molar-refractivity contribution in [1.82, 2.24) is 4.98 Å². The second-order valence-corrected chi connectivity index (χ2v) is 6.15. The van der Waals surface area contributed by atoms with Gasteiger partial charge in [0.2, 0.25) is 11.7 Å². The average Bonchev–Trinajstić information content (AvgIpc) is 2.92. The molecule has 0 aliphatic heterocycles. The maximum atomic E-state index is 11.8. The first kappa shape index (κ1) is 13.8. The van der Waals surface area contributed by atoms with E-state index in [4.69, 9.17) is 9.15 Å². The molecule has 2 rings (SSSR count). The molecule has 0 amide bonds. The lowest BCUT2D eigenvalue weighted by atomic mass is 9.91. The maximum absolute atomic E-state index is 11.8. The SMILES string of the molecule is COC(=O)c1oc(-c2cscc2C)nc1C(C)(C)C. The number of aromatic nitrogens is 1. The second-order valence-electron chi connectivity index (χ2n) is 5.41. The molecule has 4 nitrogen and oxygen atoms in total. The van der Waals surface area contributed by atoms with Crippen molar-refractivity contribution in [2.75, 3.05) is 7.11 Å². The Labute approximate surface area is 116 Å². The predicted molar refractivity (Wildman–Crippen MR) is 74.6 cm³/mol. The van der Waals surface area contributed by atoms with Gasteiger partial charge in [0.15, 0.2) is 0 Å². The number of ether oxygens (including phenoxy) is 1. The number of hydrogen-bond donors (Lipinski definition) is 0. The van der Waals surface area contributed by atoms with Crippen LogP contribution in [0.15, 0.2) is 15.2 Å². The second kappa shape index (κ2) is 4.81. The number of methoxy groups -OCH3 is 1. The highest BCUT2D eigenvalue weighted by Gasteiger charge is 2.30. The number of aryl methyl sites for hydroxylation is 1. The van der Waals surface area contributed by atoms with Gasteiger partial charge in [-0.2, -0.15) is 11.3 Å². The van der Waals surface area contributed by atoms with Gasteiger partial charge in [0.25, 0.3) is 0 Å². The average molecular weight is 279 g/mol. The first-order valence-corrected chi connectivity index (χ1v) is 6.91. The number of esters is 1. The van der Waals surface area contributed by atoms with Crippen LogP contribution < -0.4 is 0 Å². The van der Waals surface area contributed by atoms with E-state index < -0.39 is 5.97 Å². The molecule has 0 aliphatic carbocycles. The molecular formula is C14H17NO3S. The number of thiophene rings is 1. The highest BCUT2D eigenvalue weighted by Crippen LogP contribution is 2.33. The van der Waals surface area contributed by atoms with Crippen molar-refractivity contribution >= 4 is 17.3 Å². The summed E-state index contributed by atoms with van der Waals surface area (Å²) >= 11 is 1.58. The molecule has 2 aromatic rings. The monoisotopic (exact) mass is 279 g/mol. The van der Waals surface area contributed by atoms with E-state index in [1.807, 2.05) is 38.5 Å². The van der Waals surface area contributed by atoms with Gasteiger partial charge < -0.3 is 9.15 Å². The Bertz CT molecular complexity index is 604. The van der Waals surface area contributed by atoms with Gasteiger partial charge in [0, 0.05) is 10.8 Å². The number of carbonyl (C=O) groups excluding carboxylic acids is 1. The zero-order valence-corrected chi connectivity index (χ0v) is 12.6. The maximum Gasteiger partial charge on any atom is 0.376 e. The molecule has 0 bridgehead atoms. The van der Waals surface area contributed by atoms with Gasteiger partial charge in [-0.3, -0.25) is 0 Å². The number of nitrogens with zero attached hydrogens (tertiary/aromatic N) is 1. The first-order valence-electron chi connectivity index (χ1n) is 5.97. The van der Waals surface area contributed by atoms with E-state index in [0.717, 1.165) is 11.1 Å². The van der Waals surface area contributed by atoms with Crippen LogP contribution in [0.3, 0.4) is 0 Å². The Morgan fingerprint density at radius 1 is 1.37 bits per heavy atom. The van der Waals surface area contributed by atoms with Gasteiger partial charge in [0.1, 0.15) is 5.69 Å². The van der Waals surface area contributed by atoms with E-state index >= 15 is 0 Å². The van der Waals surface area contributed by atoms with Crippen molar-refractivity contribution in [3.05, 3.63) is 27.8 Å². The lowest BCUT2D eigenvalue weighted by Crippen LogP contribution is -2.17. The summed E-state index contributed by atoms with van der Waals surface area (Å²) in [5.41, 5.74) is 2.35. The molecule has 5 heteroatoms. The van der Waals surface area contributed by atoms with E-state index in [9.17, 15) is 4.79 Å². The molecule has 0 fully saturated rings. The molecule has 0 spiro atoms. The molecule has 0 aromatic carbocycles. The fraction of sp³-hybridized carbons (Fsp3) is 0.429. The molecule has 102 valence electrons. The summed E-state index contributed by atoms with van der Waals surface area (Å²) < 4.78 is 10.4. The van der Waals surface area contributed by atoms with Crippen molar-refractivity contribution in [3.8, 4) is 11.5 Å². The Balaban J connectivity index is 2.58. The fourth-order valence-corrected chi connectivity index (χ4v) is 2.58. The molecule has 0 atom stereocenters. The molecule has 0 aliphatic rings. The van der Waals surface area contributed by atoms with Crippen molar-refractivity contribution < 1.29 is 13.9 Å². The number of hydrogen-bond acceptors (Lipinski definition) is 5. The standard InChI is InChI=1S/C14H17NO3S/c1-8-6-19-7-9(8)12-15-11(14(2,3)4)10(18-12)13(16)17-5/h6-7H,1-5H3. The van der Waals surface area contributed by atoms with Crippen molar-refractivity contribution in [1.29, 1.82) is 0 Å². The quantitative estimate of drug-likeness (QED) is 0.785. The van der Waals surface area contributed by atoms with E-state index in [0.29, 0.717) is 11.6 Å². The molecule has 0 saturated heterocycles. The molecule has 0 unspecified atom stereocenters. The Morgan fingerprint density at radius 2 is 2.05 bits per heavy atom. The Morgan fingerprint density at radius 3 is 2.53 bits per heavy atom. The summed E-state index contributed by atoms with van der Waals surface area (Å²) in [5, 5.41) is 3.99. The van der Waals surface area contributed by atoms with Gasteiger partial charge in [-0.05, 0) is 17.9 Å². The van der Waals surface area contributed by atoms with Gasteiger partial charge in [-0.1, -0.05) is 20.8 Å². The molecular weight excluding hydrogens is 262 g/mol. The van der Waals surface area contributed by atoms with Crippen molar-refractivity contribution in [2.45, 2.75) is 33.1 Å². The van der Waals surface area contributed by atoms with E-state index in [-0.39, 0.29) is 11.2 Å². The minimum Gasteiger partial charge on any atom is -0.463 e. The summed E-state index contributed by atoms with van der Waals surface area (Å²) in [5.74, 6) is 0.177. The Hall–Kier alpha value is -1.62. The fourth-order valence-electron chi connectivity index (χ4n) is 1.75. The zero-order valence-electron chi connectivity index (χ0n) is 11.7. The normalized spacial score (nSPS) is 11.6. The summed E-state index contributed by atoms with van der Waals surface area (Å²) in [6.45, 7) is 7.95. The molecule has 2 aromatic heterocycles. The third kappa shape index (κ3) is 2.56. The number of carbonyl (C=O) groups is 1. The first-order chi connectivity index (χ1) is 8.84. The summed E-state index contributed by atoms with van der Waals surface area (Å²) in [4.78, 5) is 16.3. The van der Waals surface area contributed by atoms with Crippen molar-refractivity contribution in [3.63, 3.8) is 0 Å². The van der Waals surface area contributed by atoms with Crippen LogP contribution in [0.5, 0.6) is 0 Å². The third-order valence-electron chi connectivity index (χ3n) is 2.79. The lowest BCUT2D eigenvalue weighted by Gasteiger charge is -2.15. The number of rotatable bonds is 2. The molecule has 19 heavy (non-hydrogen) atoms. The molecule has 0 radical (unpaired) electrons. The van der Waals surface area contributed by atoms with Crippen molar-refractivity contribution in [2.24, 2.45) is 0 Å². The topological polar surface area (TPSA) is 52.3 Å². The number of oxazole rings is 1. The highest BCUT2D eigenvalue weighted by atomic mass is 32.1. The minimum absolute atomic E-state index is 0.190. The van der Waals surface area contributed by atoms with Crippen LogP contribution >= 0.6 is 11.3 Å². The highest BCUT2D eigenvalue weighted by molar-refractivity contribution is 7.08. The van der Waals surface area contributed by atoms with Crippen LogP contribution in [0.4, 0.5) is 0 Å². The predicted octanol–water partition coefficient (Wildman–Crippen LogP) is 3.80. The molecule has 0 N–H and O–H groups in total. The Kier molecular flexibility index (Phi) is 3.49. The van der Waals surface area contributed by atoms with E-state index in [1.54, 1.807) is 11.3 Å². The third-order valence-corrected chi connectivity index (χ3v) is 3.66. The summed E-state index contributed by atoms with van der Waals surface area (Å²) in [7, 11) is 1.34. The largest absolute Gasteiger partial charge is 0.463 e. The van der Waals surface area contributed by atoms with Crippen LogP contribution in [0.1, 0.15) is 42.6 Å². The zero-order chi connectivity index (χ0) is 14.2. The molecule has 2 heterocycles. The van der Waals surface area contributed by atoms with Gasteiger partial charge >= 0.3 is 5.97 Å². The smallest absolute Gasteiger partial charge is 0.376 e. The molecule has 0 saturated carbocycles. The van der Waals surface area contributed by atoms with Crippen LogP contribution in [0.2, 0.25) is 0 Å². The summed E-state index contributed by atoms with van der Waals surface area (Å²) in [6.07, 6.45) is 0.